The van der Waals surface area contributed by atoms with Crippen molar-refractivity contribution < 1.29 is 19.4 Å². The van der Waals surface area contributed by atoms with Gasteiger partial charge in [-0.3, -0.25) is 4.79 Å². The van der Waals surface area contributed by atoms with Gasteiger partial charge in [0.2, 0.25) is 0 Å². The third-order valence-electron chi connectivity index (χ3n) is 2.49. The summed E-state index contributed by atoms with van der Waals surface area (Å²) in [6, 6.07) is 10.1. The van der Waals surface area contributed by atoms with Crippen molar-refractivity contribution in [3.05, 3.63) is 48.6 Å². The zero-order chi connectivity index (χ0) is 15.5. The molecule has 0 saturated heterocycles. The molecule has 4 nitrogen and oxygen atoms in total. The molecule has 0 fully saturated rings. The second-order valence-corrected chi connectivity index (χ2v) is 4.64. The minimum atomic E-state index is -0.981. The van der Waals surface area contributed by atoms with Gasteiger partial charge in [-0.15, -0.1) is 0 Å². The van der Waals surface area contributed by atoms with Crippen molar-refractivity contribution in [2.24, 2.45) is 5.92 Å². The summed E-state index contributed by atoms with van der Waals surface area (Å²) in [6.07, 6.45) is 0.833. The number of rotatable bonds is 5. The highest BCUT2D eigenvalue weighted by Gasteiger charge is 2.11. The molecule has 1 unspecified atom stereocenters. The first-order chi connectivity index (χ1) is 9.38. The fourth-order valence-electron chi connectivity index (χ4n) is 1.25. The Bertz CT molecular complexity index is 423. The quantitative estimate of drug-likeness (QED) is 0.663. The summed E-state index contributed by atoms with van der Waals surface area (Å²) in [5, 5.41) is 7.60. The van der Waals surface area contributed by atoms with E-state index in [0.29, 0.717) is 6.61 Å². The highest BCUT2D eigenvalue weighted by Crippen LogP contribution is 2.15. The largest absolute Gasteiger partial charge is 0.478 e. The first-order valence-corrected chi connectivity index (χ1v) is 6.45. The Balaban J connectivity index is 0.000000621. The van der Waals surface area contributed by atoms with Gasteiger partial charge in [-0.05, 0) is 5.56 Å². The lowest BCUT2D eigenvalue weighted by Gasteiger charge is -2.13. The van der Waals surface area contributed by atoms with Gasteiger partial charge in [0, 0.05) is 12.0 Å². The summed E-state index contributed by atoms with van der Waals surface area (Å²) in [5.41, 5.74) is 1.20. The van der Waals surface area contributed by atoms with Gasteiger partial charge in [-0.1, -0.05) is 57.7 Å². The molecular formula is C16H22O4. The minimum absolute atomic E-state index is 0.0482. The lowest BCUT2D eigenvalue weighted by atomic mass is 10.0. The number of benzene rings is 1. The van der Waals surface area contributed by atoms with Crippen LogP contribution in [0.25, 0.3) is 0 Å². The predicted octanol–water partition coefficient (Wildman–Crippen LogP) is 3.25. The van der Waals surface area contributed by atoms with Crippen LogP contribution in [0.1, 0.15) is 32.3 Å². The van der Waals surface area contributed by atoms with E-state index in [1.807, 2.05) is 44.2 Å². The maximum absolute atomic E-state index is 11.3. The van der Waals surface area contributed by atoms with Crippen LogP contribution in [0.2, 0.25) is 0 Å². The zero-order valence-electron chi connectivity index (χ0n) is 12.2. The predicted molar refractivity (Wildman–Crippen MR) is 78.5 cm³/mol. The van der Waals surface area contributed by atoms with E-state index in [9.17, 15) is 9.59 Å². The fraction of sp³-hybridized carbons (Fsp3) is 0.375. The highest BCUT2D eigenvalue weighted by atomic mass is 16.5. The summed E-state index contributed by atoms with van der Waals surface area (Å²) >= 11 is 0. The van der Waals surface area contributed by atoms with Gasteiger partial charge in [-0.2, -0.15) is 0 Å². The SMILES string of the molecule is C=CC(=O)O.CC(C)C(=O)OCC(C)c1ccccc1. The molecule has 1 atom stereocenters. The molecule has 20 heavy (non-hydrogen) atoms. The van der Waals surface area contributed by atoms with Gasteiger partial charge in [0.1, 0.15) is 0 Å². The third kappa shape index (κ3) is 8.08. The number of carbonyl (C=O) groups is 2. The van der Waals surface area contributed by atoms with Crippen LogP contribution in [0, 0.1) is 5.92 Å². The smallest absolute Gasteiger partial charge is 0.327 e. The maximum Gasteiger partial charge on any atom is 0.327 e. The molecule has 1 aromatic rings. The van der Waals surface area contributed by atoms with E-state index in [1.54, 1.807) is 0 Å². The van der Waals surface area contributed by atoms with E-state index in [-0.39, 0.29) is 17.8 Å². The standard InChI is InChI=1S/C13H18O2.C3H4O2/c1-10(2)13(14)15-9-11(3)12-7-5-4-6-8-12;1-2-3(4)5/h4-8,10-11H,9H2,1-3H3;2H,1H2,(H,4,5). The third-order valence-corrected chi connectivity index (χ3v) is 2.49. The molecule has 0 radical (unpaired) electrons. The molecule has 0 amide bonds. The molecule has 0 aliphatic carbocycles. The summed E-state index contributed by atoms with van der Waals surface area (Å²) in [5.74, 6) is -0.898. The molecule has 0 aliphatic heterocycles. The number of aliphatic carboxylic acids is 1. The van der Waals surface area contributed by atoms with Gasteiger partial charge in [0.25, 0.3) is 0 Å². The maximum atomic E-state index is 11.3. The second kappa shape index (κ2) is 9.78. The van der Waals surface area contributed by atoms with Crippen molar-refractivity contribution in [1.82, 2.24) is 0 Å². The molecule has 0 spiro atoms. The molecule has 110 valence electrons. The Kier molecular flexibility index (Phi) is 8.75. The van der Waals surface area contributed by atoms with E-state index < -0.39 is 5.97 Å². The number of carbonyl (C=O) groups excluding carboxylic acids is 1. The number of hydrogen-bond acceptors (Lipinski definition) is 3. The Morgan fingerprint density at radius 3 is 2.15 bits per heavy atom. The van der Waals surface area contributed by atoms with Crippen LogP contribution in [0.15, 0.2) is 43.0 Å². The normalized spacial score (nSPS) is 11.0. The fourth-order valence-corrected chi connectivity index (χ4v) is 1.25. The zero-order valence-corrected chi connectivity index (χ0v) is 12.2. The molecule has 0 saturated carbocycles. The van der Waals surface area contributed by atoms with E-state index in [4.69, 9.17) is 9.84 Å². The second-order valence-electron chi connectivity index (χ2n) is 4.64. The lowest BCUT2D eigenvalue weighted by molar-refractivity contribution is -0.147. The van der Waals surface area contributed by atoms with E-state index in [0.717, 1.165) is 6.08 Å². The van der Waals surface area contributed by atoms with Gasteiger partial charge in [0.05, 0.1) is 12.5 Å². The van der Waals surface area contributed by atoms with Crippen LogP contribution in [0.5, 0.6) is 0 Å². The number of carboxylic acid groups (broad SMARTS) is 1. The van der Waals surface area contributed by atoms with Crippen LogP contribution in [-0.2, 0) is 14.3 Å². The van der Waals surface area contributed by atoms with Crippen molar-refractivity contribution >= 4 is 11.9 Å². The Hall–Kier alpha value is -2.10. The van der Waals surface area contributed by atoms with Gasteiger partial charge >= 0.3 is 11.9 Å². The monoisotopic (exact) mass is 278 g/mol. The minimum Gasteiger partial charge on any atom is -0.478 e. The molecule has 1 N–H and O–H groups in total. The molecule has 1 rings (SSSR count). The summed E-state index contributed by atoms with van der Waals surface area (Å²) in [7, 11) is 0. The van der Waals surface area contributed by atoms with Gasteiger partial charge in [-0.25, -0.2) is 4.79 Å². The van der Waals surface area contributed by atoms with Crippen molar-refractivity contribution in [1.29, 1.82) is 0 Å². The topological polar surface area (TPSA) is 63.6 Å². The van der Waals surface area contributed by atoms with Crippen LogP contribution in [0.4, 0.5) is 0 Å². The highest BCUT2D eigenvalue weighted by molar-refractivity contribution is 5.78. The molecule has 0 bridgehead atoms. The molecule has 0 heterocycles. The van der Waals surface area contributed by atoms with Crippen molar-refractivity contribution in [3.63, 3.8) is 0 Å². The van der Waals surface area contributed by atoms with Crippen LogP contribution < -0.4 is 0 Å². The average molecular weight is 278 g/mol. The van der Waals surface area contributed by atoms with Crippen molar-refractivity contribution in [3.8, 4) is 0 Å². The first-order valence-electron chi connectivity index (χ1n) is 6.45. The Labute approximate surface area is 120 Å². The van der Waals surface area contributed by atoms with Gasteiger partial charge < -0.3 is 9.84 Å². The van der Waals surface area contributed by atoms with Gasteiger partial charge in [0.15, 0.2) is 0 Å². The molecular weight excluding hydrogens is 256 g/mol. The number of hydrogen-bond donors (Lipinski definition) is 1. The molecule has 1 aromatic carbocycles. The summed E-state index contributed by atoms with van der Waals surface area (Å²) < 4.78 is 5.18. The van der Waals surface area contributed by atoms with Crippen LogP contribution in [0.3, 0.4) is 0 Å². The summed E-state index contributed by atoms with van der Waals surface area (Å²) in [4.78, 5) is 20.5. The van der Waals surface area contributed by atoms with Crippen LogP contribution in [-0.4, -0.2) is 23.7 Å². The van der Waals surface area contributed by atoms with E-state index in [1.165, 1.54) is 5.56 Å². The molecule has 0 aliphatic rings. The summed E-state index contributed by atoms with van der Waals surface area (Å²) in [6.45, 7) is 9.16. The number of carboxylic acids is 1. The van der Waals surface area contributed by atoms with E-state index >= 15 is 0 Å². The van der Waals surface area contributed by atoms with Crippen molar-refractivity contribution in [2.45, 2.75) is 26.7 Å². The average Bonchev–Trinajstić information content (AvgIpc) is 2.45. The van der Waals surface area contributed by atoms with Crippen LogP contribution >= 0.6 is 0 Å². The molecule has 0 aromatic heterocycles. The molecule has 4 heteroatoms. The van der Waals surface area contributed by atoms with Crippen molar-refractivity contribution in [2.75, 3.05) is 6.61 Å². The Morgan fingerprint density at radius 2 is 1.75 bits per heavy atom. The van der Waals surface area contributed by atoms with E-state index in [2.05, 4.69) is 13.5 Å². The number of esters is 1. The number of ether oxygens (including phenoxy) is 1. The lowest BCUT2D eigenvalue weighted by Crippen LogP contribution is -2.15. The first kappa shape index (κ1) is 17.9. The Morgan fingerprint density at radius 1 is 1.25 bits per heavy atom.